The first-order chi connectivity index (χ1) is 8.35. The number of hydrogen-bond donors (Lipinski definition) is 1. The van der Waals surface area contributed by atoms with Crippen molar-refractivity contribution < 1.29 is 13.8 Å². The maximum Gasteiger partial charge on any atom is 0.248 e. The average Bonchev–Trinajstić information content (AvgIpc) is 2.36. The maximum absolute atomic E-state index is 12.3. The molecule has 0 aromatic heterocycles. The van der Waals surface area contributed by atoms with Gasteiger partial charge in [0.15, 0.2) is 0 Å². The average molecular weight is 274 g/mol. The molecular formula is C12H22N2O3S. The molecule has 1 N–H and O–H groups in total. The number of nitrogens with one attached hydrogen (secondary N) is 1. The van der Waals surface area contributed by atoms with Crippen LogP contribution in [-0.4, -0.2) is 50.6 Å². The number of carbonyl (C=O) groups is 2. The van der Waals surface area contributed by atoms with Crippen LogP contribution in [0.4, 0.5) is 0 Å². The molecule has 0 saturated carbocycles. The van der Waals surface area contributed by atoms with E-state index in [0.29, 0.717) is 24.5 Å². The third kappa shape index (κ3) is 2.91. The zero-order valence-electron chi connectivity index (χ0n) is 11.5. The van der Waals surface area contributed by atoms with E-state index in [1.807, 2.05) is 13.8 Å². The summed E-state index contributed by atoms with van der Waals surface area (Å²) in [6.07, 6.45) is 0.553. The molecule has 0 aromatic carbocycles. The summed E-state index contributed by atoms with van der Waals surface area (Å²) in [5, 5.41) is 2.77. The smallest absolute Gasteiger partial charge is 0.248 e. The van der Waals surface area contributed by atoms with Crippen molar-refractivity contribution in [3.05, 3.63) is 0 Å². The Balaban J connectivity index is 2.82. The molecule has 1 aliphatic heterocycles. The lowest BCUT2D eigenvalue weighted by Crippen LogP contribution is -2.68. The summed E-state index contributed by atoms with van der Waals surface area (Å²) in [6.45, 7) is 7.54. The van der Waals surface area contributed by atoms with Gasteiger partial charge in [0.1, 0.15) is 11.6 Å². The summed E-state index contributed by atoms with van der Waals surface area (Å²) in [5.74, 6) is 0.791. The predicted octanol–water partition coefficient (Wildman–Crippen LogP) is 0.271. The predicted molar refractivity (Wildman–Crippen MR) is 71.6 cm³/mol. The molecular weight excluding hydrogens is 252 g/mol. The molecule has 1 rings (SSSR count). The van der Waals surface area contributed by atoms with E-state index in [-0.39, 0.29) is 11.8 Å². The number of rotatable bonds is 5. The van der Waals surface area contributed by atoms with E-state index in [0.717, 1.165) is 0 Å². The monoisotopic (exact) mass is 274 g/mol. The van der Waals surface area contributed by atoms with E-state index in [4.69, 9.17) is 0 Å². The Labute approximate surface area is 111 Å². The molecule has 5 nitrogen and oxygen atoms in total. The topological polar surface area (TPSA) is 66.5 Å². The first-order valence-corrected chi connectivity index (χ1v) is 7.82. The van der Waals surface area contributed by atoms with Gasteiger partial charge in [-0.25, -0.2) is 0 Å². The Kier molecular flexibility index (Phi) is 4.90. The summed E-state index contributed by atoms with van der Waals surface area (Å²) in [6, 6.07) is -0.481. The molecule has 3 unspecified atom stereocenters. The maximum atomic E-state index is 12.3. The Bertz CT molecular complexity index is 372. The minimum atomic E-state index is -0.922. The third-order valence-electron chi connectivity index (χ3n) is 3.57. The highest BCUT2D eigenvalue weighted by Crippen LogP contribution is 2.21. The van der Waals surface area contributed by atoms with Gasteiger partial charge >= 0.3 is 0 Å². The normalized spacial score (nSPS) is 30.2. The van der Waals surface area contributed by atoms with E-state index in [9.17, 15) is 13.8 Å². The van der Waals surface area contributed by atoms with Gasteiger partial charge < -0.3 is 10.2 Å². The molecule has 1 heterocycles. The molecule has 104 valence electrons. The Morgan fingerprint density at radius 1 is 1.39 bits per heavy atom. The molecule has 6 heteroatoms. The largest absolute Gasteiger partial charge is 0.340 e. The van der Waals surface area contributed by atoms with E-state index in [1.165, 1.54) is 0 Å². The number of nitrogens with zero attached hydrogens (tertiary/aromatic N) is 1. The second-order valence-corrected chi connectivity index (χ2v) is 6.65. The zero-order valence-corrected chi connectivity index (χ0v) is 12.3. The van der Waals surface area contributed by atoms with Crippen molar-refractivity contribution in [1.29, 1.82) is 0 Å². The summed E-state index contributed by atoms with van der Waals surface area (Å²) in [7, 11) is -0.922. The molecule has 0 bridgehead atoms. The Hall–Kier alpha value is -0.910. The highest BCUT2D eigenvalue weighted by atomic mass is 32.2. The van der Waals surface area contributed by atoms with Gasteiger partial charge in [0.2, 0.25) is 11.8 Å². The first-order valence-electron chi connectivity index (χ1n) is 6.33. The van der Waals surface area contributed by atoms with Crippen LogP contribution in [0, 0.1) is 0 Å². The van der Waals surface area contributed by atoms with E-state index >= 15 is 0 Å². The van der Waals surface area contributed by atoms with Crippen LogP contribution in [-0.2, 0) is 20.4 Å². The molecule has 1 fully saturated rings. The van der Waals surface area contributed by atoms with E-state index in [1.54, 1.807) is 18.7 Å². The fourth-order valence-corrected chi connectivity index (χ4v) is 2.63. The number of piperazine rings is 1. The van der Waals surface area contributed by atoms with Gasteiger partial charge in [-0.2, -0.15) is 0 Å². The van der Waals surface area contributed by atoms with Crippen molar-refractivity contribution >= 4 is 22.6 Å². The summed E-state index contributed by atoms with van der Waals surface area (Å²) >= 11 is 0. The summed E-state index contributed by atoms with van der Waals surface area (Å²) in [5.41, 5.74) is -0.822. The molecule has 1 aliphatic rings. The van der Waals surface area contributed by atoms with Gasteiger partial charge in [-0.15, -0.1) is 0 Å². The van der Waals surface area contributed by atoms with Crippen LogP contribution in [0.2, 0.25) is 0 Å². The molecule has 18 heavy (non-hydrogen) atoms. The van der Waals surface area contributed by atoms with Gasteiger partial charge in [-0.1, -0.05) is 13.8 Å². The number of carbonyl (C=O) groups excluding carboxylic acids is 2. The second-order valence-electron chi connectivity index (χ2n) is 4.78. The zero-order chi connectivity index (χ0) is 13.9. The minimum absolute atomic E-state index is 0.0785. The van der Waals surface area contributed by atoms with Crippen LogP contribution in [0.5, 0.6) is 0 Å². The Morgan fingerprint density at radius 3 is 2.50 bits per heavy atom. The van der Waals surface area contributed by atoms with Crippen LogP contribution < -0.4 is 5.32 Å². The molecule has 0 spiro atoms. The first kappa shape index (κ1) is 15.1. The lowest BCUT2D eigenvalue weighted by atomic mass is 9.92. The Morgan fingerprint density at radius 2 is 2.00 bits per heavy atom. The fourth-order valence-electron chi connectivity index (χ4n) is 1.94. The van der Waals surface area contributed by atoms with Crippen molar-refractivity contribution in [3.8, 4) is 0 Å². The molecule has 3 atom stereocenters. The van der Waals surface area contributed by atoms with Crippen LogP contribution in [0.25, 0.3) is 0 Å². The molecule has 0 aromatic rings. The molecule has 0 aliphatic carbocycles. The van der Waals surface area contributed by atoms with Crippen LogP contribution in [0.3, 0.4) is 0 Å². The van der Waals surface area contributed by atoms with Crippen molar-refractivity contribution in [2.45, 2.75) is 45.7 Å². The lowest BCUT2D eigenvalue weighted by Gasteiger charge is -2.43. The quantitative estimate of drug-likeness (QED) is 0.782. The van der Waals surface area contributed by atoms with Crippen molar-refractivity contribution in [1.82, 2.24) is 10.2 Å². The fraction of sp³-hybridized carbons (Fsp3) is 0.833. The van der Waals surface area contributed by atoms with Gasteiger partial charge in [0, 0.05) is 28.9 Å². The van der Waals surface area contributed by atoms with Crippen molar-refractivity contribution in [2.24, 2.45) is 0 Å². The number of amides is 2. The van der Waals surface area contributed by atoms with Crippen LogP contribution in [0.1, 0.15) is 34.1 Å². The van der Waals surface area contributed by atoms with Crippen molar-refractivity contribution in [2.75, 3.05) is 18.1 Å². The lowest BCUT2D eigenvalue weighted by molar-refractivity contribution is -0.153. The minimum Gasteiger partial charge on any atom is -0.340 e. The third-order valence-corrected chi connectivity index (χ3v) is 4.85. The number of hydrogen-bond acceptors (Lipinski definition) is 3. The van der Waals surface area contributed by atoms with Crippen LogP contribution in [0.15, 0.2) is 0 Å². The van der Waals surface area contributed by atoms with Crippen LogP contribution >= 0.6 is 0 Å². The van der Waals surface area contributed by atoms with E-state index in [2.05, 4.69) is 5.32 Å². The molecule has 2 amide bonds. The van der Waals surface area contributed by atoms with Crippen molar-refractivity contribution in [3.63, 3.8) is 0 Å². The summed E-state index contributed by atoms with van der Waals surface area (Å²) < 4.78 is 11.5. The highest BCUT2D eigenvalue weighted by Gasteiger charge is 2.45. The molecule has 0 radical (unpaired) electrons. The van der Waals surface area contributed by atoms with Gasteiger partial charge in [-0.3, -0.25) is 13.8 Å². The standard InChI is InChI=1S/C12H22N2O3S/c1-5-12(4)11(16)14(7-8-18(17)6-2)9(3)10(15)13-12/h9H,5-8H2,1-4H3,(H,13,15). The van der Waals surface area contributed by atoms with Gasteiger partial charge in [-0.05, 0) is 20.3 Å². The molecule has 1 saturated heterocycles. The van der Waals surface area contributed by atoms with Gasteiger partial charge in [0.25, 0.3) is 0 Å². The van der Waals surface area contributed by atoms with E-state index < -0.39 is 22.4 Å². The summed E-state index contributed by atoms with van der Waals surface area (Å²) in [4.78, 5) is 25.8. The highest BCUT2D eigenvalue weighted by molar-refractivity contribution is 7.84. The van der Waals surface area contributed by atoms with Gasteiger partial charge in [0.05, 0.1) is 0 Å². The SMILES string of the molecule is CCS(=O)CCN1C(=O)C(C)(CC)NC(=O)C1C. The second kappa shape index (κ2) is 5.82.